The van der Waals surface area contributed by atoms with Gasteiger partial charge in [0, 0.05) is 12.1 Å². The first kappa shape index (κ1) is 14.4. The van der Waals surface area contributed by atoms with Crippen molar-refractivity contribution in [1.82, 2.24) is 0 Å². The molecule has 0 aliphatic heterocycles. The Morgan fingerprint density at radius 3 is 2.90 bits per heavy atom. The molecule has 0 saturated heterocycles. The smallest absolute Gasteiger partial charge is 0.341 e. The fraction of sp³-hybridized carbons (Fsp3) is 0.267. The lowest BCUT2D eigenvalue weighted by Gasteiger charge is -2.11. The van der Waals surface area contributed by atoms with Crippen LogP contribution >= 0.6 is 11.3 Å². The first-order valence-corrected chi connectivity index (χ1v) is 7.35. The average Bonchev–Trinajstić information content (AvgIpc) is 2.94. The molecule has 0 radical (unpaired) electrons. The van der Waals surface area contributed by atoms with Gasteiger partial charge in [-0.1, -0.05) is 0 Å². The monoisotopic (exact) mass is 291 g/mol. The lowest BCUT2D eigenvalue weighted by molar-refractivity contribution is 0.0522. The highest BCUT2D eigenvalue weighted by Gasteiger charge is 2.14. The molecule has 2 rings (SSSR count). The molecular weight excluding hydrogens is 274 g/mol. The molecule has 2 aromatic rings. The summed E-state index contributed by atoms with van der Waals surface area (Å²) in [6.07, 6.45) is 0.802. The number of carbonyl (C=O) groups is 1. The molecule has 0 unspecified atom stereocenters. The molecule has 0 atom stereocenters. The molecule has 1 aromatic carbocycles. The Labute approximate surface area is 122 Å². The van der Waals surface area contributed by atoms with E-state index < -0.39 is 5.97 Å². The number of anilines is 1. The Morgan fingerprint density at radius 1 is 1.35 bits per heavy atom. The molecular formula is C15H17NO3S. The van der Waals surface area contributed by atoms with Gasteiger partial charge in [0.15, 0.2) is 0 Å². The quantitative estimate of drug-likeness (QED) is 0.656. The van der Waals surface area contributed by atoms with Crippen molar-refractivity contribution in [3.8, 4) is 5.75 Å². The van der Waals surface area contributed by atoms with Crippen molar-refractivity contribution in [3.63, 3.8) is 0 Å². The molecule has 0 fully saturated rings. The predicted octanol–water partition coefficient (Wildman–Crippen LogP) is 3.13. The molecule has 0 aliphatic rings. The Hall–Kier alpha value is -2.01. The van der Waals surface area contributed by atoms with Gasteiger partial charge >= 0.3 is 5.97 Å². The number of benzene rings is 1. The van der Waals surface area contributed by atoms with Gasteiger partial charge in [-0.05, 0) is 47.5 Å². The van der Waals surface area contributed by atoms with E-state index in [1.54, 1.807) is 36.5 Å². The number of hydrogen-bond donors (Lipinski definition) is 1. The summed E-state index contributed by atoms with van der Waals surface area (Å²) in [5.41, 5.74) is 7.82. The van der Waals surface area contributed by atoms with E-state index in [0.29, 0.717) is 30.2 Å². The highest BCUT2D eigenvalue weighted by molar-refractivity contribution is 7.07. The van der Waals surface area contributed by atoms with Crippen LogP contribution in [0.1, 0.15) is 22.8 Å². The van der Waals surface area contributed by atoms with Gasteiger partial charge in [-0.15, -0.1) is 0 Å². The number of hydrogen-bond acceptors (Lipinski definition) is 5. The molecule has 0 amide bonds. The summed E-state index contributed by atoms with van der Waals surface area (Å²) in [5.74, 6) is 0.0956. The minimum absolute atomic E-state index is 0.321. The number of carbonyl (C=O) groups excluding carboxylic acids is 1. The lowest BCUT2D eigenvalue weighted by Crippen LogP contribution is -2.10. The third kappa shape index (κ3) is 3.74. The van der Waals surface area contributed by atoms with Gasteiger partial charge in [0.05, 0.1) is 13.2 Å². The maximum atomic E-state index is 11.9. The van der Waals surface area contributed by atoms with Crippen molar-refractivity contribution in [2.24, 2.45) is 0 Å². The van der Waals surface area contributed by atoms with Crippen LogP contribution < -0.4 is 10.5 Å². The van der Waals surface area contributed by atoms with Gasteiger partial charge in [0.1, 0.15) is 11.3 Å². The van der Waals surface area contributed by atoms with E-state index >= 15 is 0 Å². The number of nitrogens with two attached hydrogens (primary N) is 1. The molecule has 106 valence electrons. The SMILES string of the molecule is CCOC(=O)c1cc(N)ccc1OCCc1ccsc1. The van der Waals surface area contributed by atoms with Crippen molar-refractivity contribution < 1.29 is 14.3 Å². The zero-order chi connectivity index (χ0) is 14.4. The van der Waals surface area contributed by atoms with Gasteiger partial charge in [0.2, 0.25) is 0 Å². The maximum Gasteiger partial charge on any atom is 0.341 e. The van der Waals surface area contributed by atoms with Crippen molar-refractivity contribution in [1.29, 1.82) is 0 Å². The average molecular weight is 291 g/mol. The predicted molar refractivity (Wildman–Crippen MR) is 80.3 cm³/mol. The Balaban J connectivity index is 2.04. The summed E-state index contributed by atoms with van der Waals surface area (Å²) in [7, 11) is 0. The minimum Gasteiger partial charge on any atom is -0.492 e. The van der Waals surface area contributed by atoms with Crippen LogP contribution in [0.5, 0.6) is 5.75 Å². The summed E-state index contributed by atoms with van der Waals surface area (Å²) in [4.78, 5) is 11.9. The van der Waals surface area contributed by atoms with E-state index in [1.165, 1.54) is 5.56 Å². The van der Waals surface area contributed by atoms with Crippen molar-refractivity contribution in [2.45, 2.75) is 13.3 Å². The minimum atomic E-state index is -0.412. The summed E-state index contributed by atoms with van der Waals surface area (Å²) in [6, 6.07) is 7.05. The van der Waals surface area contributed by atoms with Gasteiger partial charge in [-0.3, -0.25) is 0 Å². The normalized spacial score (nSPS) is 10.2. The molecule has 0 bridgehead atoms. The van der Waals surface area contributed by atoms with E-state index in [-0.39, 0.29) is 0 Å². The van der Waals surface area contributed by atoms with Crippen molar-refractivity contribution in [3.05, 3.63) is 46.2 Å². The van der Waals surface area contributed by atoms with Crippen molar-refractivity contribution in [2.75, 3.05) is 18.9 Å². The zero-order valence-corrected chi connectivity index (χ0v) is 12.1. The number of ether oxygens (including phenoxy) is 2. The largest absolute Gasteiger partial charge is 0.492 e. The number of esters is 1. The second-order valence-electron chi connectivity index (χ2n) is 4.21. The fourth-order valence-electron chi connectivity index (χ4n) is 1.76. The summed E-state index contributed by atoms with van der Waals surface area (Å²) in [5, 5.41) is 4.11. The first-order chi connectivity index (χ1) is 9.70. The second kappa shape index (κ2) is 6.96. The zero-order valence-electron chi connectivity index (χ0n) is 11.3. The Kier molecular flexibility index (Phi) is 5.01. The van der Waals surface area contributed by atoms with Gasteiger partial charge < -0.3 is 15.2 Å². The molecule has 1 heterocycles. The van der Waals surface area contributed by atoms with Crippen LogP contribution in [0.25, 0.3) is 0 Å². The lowest BCUT2D eigenvalue weighted by atomic mass is 10.2. The summed E-state index contributed by atoms with van der Waals surface area (Å²) in [6.45, 7) is 2.59. The van der Waals surface area contributed by atoms with E-state index in [9.17, 15) is 4.79 Å². The van der Waals surface area contributed by atoms with Crippen LogP contribution in [0.4, 0.5) is 5.69 Å². The molecule has 4 nitrogen and oxygen atoms in total. The van der Waals surface area contributed by atoms with Crippen LogP contribution in [0.2, 0.25) is 0 Å². The third-order valence-corrected chi connectivity index (χ3v) is 3.46. The van der Waals surface area contributed by atoms with Crippen LogP contribution in [0, 0.1) is 0 Å². The Bertz CT molecular complexity index is 567. The fourth-order valence-corrected chi connectivity index (χ4v) is 2.46. The van der Waals surface area contributed by atoms with Crippen LogP contribution in [-0.4, -0.2) is 19.2 Å². The van der Waals surface area contributed by atoms with Gasteiger partial charge in [-0.2, -0.15) is 11.3 Å². The van der Waals surface area contributed by atoms with Crippen LogP contribution in [0.15, 0.2) is 35.0 Å². The van der Waals surface area contributed by atoms with E-state index in [0.717, 1.165) is 6.42 Å². The van der Waals surface area contributed by atoms with E-state index in [1.807, 2.05) is 5.38 Å². The molecule has 20 heavy (non-hydrogen) atoms. The molecule has 0 spiro atoms. The maximum absolute atomic E-state index is 11.9. The van der Waals surface area contributed by atoms with Gasteiger partial charge in [0.25, 0.3) is 0 Å². The highest BCUT2D eigenvalue weighted by Crippen LogP contribution is 2.22. The summed E-state index contributed by atoms with van der Waals surface area (Å²) < 4.78 is 10.7. The molecule has 2 N–H and O–H groups in total. The van der Waals surface area contributed by atoms with Crippen LogP contribution in [-0.2, 0) is 11.2 Å². The van der Waals surface area contributed by atoms with Gasteiger partial charge in [-0.25, -0.2) is 4.79 Å². The standard InChI is InChI=1S/C15H17NO3S/c1-2-18-15(17)13-9-12(16)3-4-14(13)19-7-5-11-6-8-20-10-11/h3-4,6,8-10H,2,5,7,16H2,1H3. The topological polar surface area (TPSA) is 61.5 Å². The number of thiophene rings is 1. The summed E-state index contributed by atoms with van der Waals surface area (Å²) >= 11 is 1.66. The molecule has 1 aromatic heterocycles. The molecule has 0 aliphatic carbocycles. The molecule has 0 saturated carbocycles. The molecule has 5 heteroatoms. The second-order valence-corrected chi connectivity index (χ2v) is 4.99. The van der Waals surface area contributed by atoms with E-state index in [2.05, 4.69) is 11.4 Å². The van der Waals surface area contributed by atoms with Crippen molar-refractivity contribution >= 4 is 23.0 Å². The Morgan fingerprint density at radius 2 is 2.20 bits per heavy atom. The number of nitrogen functional groups attached to an aromatic ring is 1. The van der Waals surface area contributed by atoms with E-state index in [4.69, 9.17) is 15.2 Å². The highest BCUT2D eigenvalue weighted by atomic mass is 32.1. The third-order valence-electron chi connectivity index (χ3n) is 2.73. The first-order valence-electron chi connectivity index (χ1n) is 6.41. The van der Waals surface area contributed by atoms with Crippen LogP contribution in [0.3, 0.4) is 0 Å². The number of rotatable bonds is 6.